The SMILES string of the molecule is C[C@@H]1CN([C@H](C)CO)C(=O)c2cc(NC(=O)Nc3ccc(C(F)(F)F)cc3)ccc2O[C@@H](C)CCCCO[C@@H]1CN(C)C(=O)Nc1cccc2ccccc12. The fourth-order valence-corrected chi connectivity index (χ4v) is 6.40. The third-order valence-corrected chi connectivity index (χ3v) is 9.61. The molecule has 1 aliphatic rings. The summed E-state index contributed by atoms with van der Waals surface area (Å²) in [5, 5.41) is 20.4. The lowest BCUT2D eigenvalue weighted by Crippen LogP contribution is -2.48. The van der Waals surface area contributed by atoms with Crippen LogP contribution < -0.4 is 20.7 Å². The Balaban J connectivity index is 1.35. The molecule has 1 heterocycles. The Morgan fingerprint density at radius 1 is 0.945 bits per heavy atom. The molecule has 5 rings (SSSR count). The van der Waals surface area contributed by atoms with E-state index < -0.39 is 35.8 Å². The quantitative estimate of drug-likeness (QED) is 0.149. The molecule has 1 aliphatic heterocycles. The van der Waals surface area contributed by atoms with Crippen molar-refractivity contribution in [2.45, 2.75) is 64.5 Å². The second kappa shape index (κ2) is 18.3. The molecule has 294 valence electrons. The highest BCUT2D eigenvalue weighted by Gasteiger charge is 2.32. The van der Waals surface area contributed by atoms with Gasteiger partial charge in [-0.25, -0.2) is 9.59 Å². The summed E-state index contributed by atoms with van der Waals surface area (Å²) in [6.45, 7) is 6.03. The van der Waals surface area contributed by atoms with Crippen molar-refractivity contribution in [3.63, 3.8) is 0 Å². The van der Waals surface area contributed by atoms with Gasteiger partial charge in [0, 0.05) is 49.4 Å². The Morgan fingerprint density at radius 2 is 1.64 bits per heavy atom. The van der Waals surface area contributed by atoms with Crippen LogP contribution in [0.25, 0.3) is 10.8 Å². The lowest BCUT2D eigenvalue weighted by Gasteiger charge is -2.35. The molecular weight excluding hydrogens is 715 g/mol. The number of fused-ring (bicyclic) bond motifs is 2. The number of hydrogen-bond donors (Lipinski definition) is 4. The molecule has 0 fully saturated rings. The van der Waals surface area contributed by atoms with Gasteiger partial charge in [-0.3, -0.25) is 4.79 Å². The van der Waals surface area contributed by atoms with Crippen LogP contribution >= 0.6 is 0 Å². The molecule has 0 aliphatic carbocycles. The summed E-state index contributed by atoms with van der Waals surface area (Å²) in [4.78, 5) is 43.9. The van der Waals surface area contributed by atoms with Gasteiger partial charge in [0.05, 0.1) is 41.7 Å². The van der Waals surface area contributed by atoms with Crippen LogP contribution in [0.4, 0.5) is 39.8 Å². The number of ether oxygens (including phenoxy) is 2. The number of carbonyl (C=O) groups excluding carboxylic acids is 3. The highest BCUT2D eigenvalue weighted by molar-refractivity contribution is 6.03. The second-order valence-corrected chi connectivity index (χ2v) is 14.0. The van der Waals surface area contributed by atoms with Gasteiger partial charge in [0.15, 0.2) is 0 Å². The Morgan fingerprint density at radius 3 is 2.36 bits per heavy atom. The van der Waals surface area contributed by atoms with Crippen LogP contribution in [0, 0.1) is 5.92 Å². The molecule has 0 aromatic heterocycles. The van der Waals surface area contributed by atoms with Crippen molar-refractivity contribution in [2.24, 2.45) is 5.92 Å². The monoisotopic (exact) mass is 763 g/mol. The Labute approximate surface area is 318 Å². The zero-order valence-electron chi connectivity index (χ0n) is 31.4. The standard InChI is InChI=1S/C41H48F3N5O6/c1-26-23-49(27(2)25-50)38(51)34-22-32(46-39(52)45-31-17-15-30(16-18-31)41(42,43)44)19-20-36(34)55-28(3)10-7-8-21-54-37(26)24-48(4)40(53)47-35-14-9-12-29-11-5-6-13-33(29)35/h5-6,9,11-20,22,26-28,37,50H,7-8,10,21,23-25H2,1-4H3,(H,47,53)(H2,45,46,52)/t26-,27-,28+,37-/m1/s1. The largest absolute Gasteiger partial charge is 0.490 e. The van der Waals surface area contributed by atoms with Crippen LogP contribution in [-0.2, 0) is 10.9 Å². The number of nitrogens with one attached hydrogen (secondary N) is 3. The van der Waals surface area contributed by atoms with E-state index in [0.29, 0.717) is 24.5 Å². The van der Waals surface area contributed by atoms with E-state index in [0.717, 1.165) is 47.9 Å². The number of anilines is 3. The molecule has 0 saturated heterocycles. The molecule has 0 unspecified atom stereocenters. The van der Waals surface area contributed by atoms with Gasteiger partial charge in [-0.15, -0.1) is 0 Å². The van der Waals surface area contributed by atoms with Crippen LogP contribution in [0.2, 0.25) is 0 Å². The maximum absolute atomic E-state index is 14.4. The summed E-state index contributed by atoms with van der Waals surface area (Å²) >= 11 is 0. The third kappa shape index (κ3) is 10.9. The van der Waals surface area contributed by atoms with Crippen molar-refractivity contribution < 1.29 is 42.1 Å². The molecule has 14 heteroatoms. The minimum atomic E-state index is -4.51. The summed E-state index contributed by atoms with van der Waals surface area (Å²) in [6, 6.07) is 20.5. The zero-order chi connectivity index (χ0) is 39.7. The van der Waals surface area contributed by atoms with E-state index in [9.17, 15) is 32.7 Å². The molecule has 4 atom stereocenters. The number of urea groups is 2. The number of benzene rings is 4. The third-order valence-electron chi connectivity index (χ3n) is 9.61. The molecule has 4 aromatic rings. The molecule has 55 heavy (non-hydrogen) atoms. The fourth-order valence-electron chi connectivity index (χ4n) is 6.40. The molecule has 5 amide bonds. The van der Waals surface area contributed by atoms with E-state index in [2.05, 4.69) is 16.0 Å². The zero-order valence-corrected chi connectivity index (χ0v) is 31.4. The van der Waals surface area contributed by atoms with Gasteiger partial charge in [-0.1, -0.05) is 43.3 Å². The van der Waals surface area contributed by atoms with Crippen LogP contribution in [0.5, 0.6) is 5.75 Å². The van der Waals surface area contributed by atoms with Crippen LogP contribution in [0.15, 0.2) is 84.9 Å². The molecule has 0 spiro atoms. The normalized spacial score (nSPS) is 19.0. The maximum Gasteiger partial charge on any atom is 0.416 e. The minimum absolute atomic E-state index is 0.141. The molecular formula is C41H48F3N5O6. The number of halogens is 3. The van der Waals surface area contributed by atoms with Gasteiger partial charge in [-0.05, 0) is 87.0 Å². The molecule has 0 radical (unpaired) electrons. The number of carbonyl (C=O) groups is 3. The van der Waals surface area contributed by atoms with Crippen molar-refractivity contribution in [1.29, 1.82) is 0 Å². The number of nitrogens with zero attached hydrogens (tertiary/aromatic N) is 2. The molecule has 0 saturated carbocycles. The summed E-state index contributed by atoms with van der Waals surface area (Å²) in [7, 11) is 1.69. The first-order valence-corrected chi connectivity index (χ1v) is 18.3. The van der Waals surface area contributed by atoms with Crippen LogP contribution in [-0.4, -0.2) is 84.5 Å². The van der Waals surface area contributed by atoms with Crippen LogP contribution in [0.3, 0.4) is 0 Å². The van der Waals surface area contributed by atoms with Crippen molar-refractivity contribution in [3.05, 3.63) is 96.1 Å². The van der Waals surface area contributed by atoms with Crippen molar-refractivity contribution >= 4 is 45.8 Å². The Bertz CT molecular complexity index is 1940. The van der Waals surface area contributed by atoms with E-state index in [1.165, 1.54) is 11.0 Å². The number of hydrogen-bond acceptors (Lipinski definition) is 6. The van der Waals surface area contributed by atoms with Gasteiger partial charge >= 0.3 is 18.2 Å². The smallest absolute Gasteiger partial charge is 0.416 e. The Hall–Kier alpha value is -5.34. The second-order valence-electron chi connectivity index (χ2n) is 14.0. The number of likely N-dealkylation sites (N-methyl/N-ethyl adjacent to an activating group) is 1. The minimum Gasteiger partial charge on any atom is -0.490 e. The highest BCUT2D eigenvalue weighted by Crippen LogP contribution is 2.31. The molecule has 4 aromatic carbocycles. The van der Waals surface area contributed by atoms with Gasteiger partial charge in [0.25, 0.3) is 5.91 Å². The summed E-state index contributed by atoms with van der Waals surface area (Å²) < 4.78 is 51.6. The van der Waals surface area contributed by atoms with E-state index in [1.807, 2.05) is 56.3 Å². The summed E-state index contributed by atoms with van der Waals surface area (Å²) in [6.07, 6.45) is -3.08. The number of rotatable bonds is 7. The van der Waals surface area contributed by atoms with E-state index in [1.54, 1.807) is 31.0 Å². The van der Waals surface area contributed by atoms with Gasteiger partial charge < -0.3 is 40.3 Å². The van der Waals surface area contributed by atoms with E-state index in [-0.39, 0.29) is 54.7 Å². The first-order valence-electron chi connectivity index (χ1n) is 18.3. The van der Waals surface area contributed by atoms with Gasteiger partial charge in [-0.2, -0.15) is 13.2 Å². The summed E-state index contributed by atoms with van der Waals surface area (Å²) in [5.41, 5.74) is 0.360. The number of aliphatic hydroxyl groups excluding tert-OH is 1. The van der Waals surface area contributed by atoms with Crippen molar-refractivity contribution in [1.82, 2.24) is 9.80 Å². The van der Waals surface area contributed by atoms with Crippen molar-refractivity contribution in [3.8, 4) is 5.75 Å². The van der Waals surface area contributed by atoms with Crippen molar-refractivity contribution in [2.75, 3.05) is 49.3 Å². The summed E-state index contributed by atoms with van der Waals surface area (Å²) in [5.74, 6) is -0.461. The van der Waals surface area contributed by atoms with Gasteiger partial charge in [0.1, 0.15) is 5.75 Å². The fraction of sp³-hybridized carbons (Fsp3) is 0.390. The number of amides is 5. The predicted octanol–water partition coefficient (Wildman–Crippen LogP) is 8.46. The average molecular weight is 764 g/mol. The van der Waals surface area contributed by atoms with E-state index >= 15 is 0 Å². The first kappa shape index (κ1) is 40.8. The lowest BCUT2D eigenvalue weighted by atomic mass is 10.0. The topological polar surface area (TPSA) is 132 Å². The Kier molecular flexibility index (Phi) is 13.6. The molecule has 0 bridgehead atoms. The maximum atomic E-state index is 14.4. The predicted molar refractivity (Wildman–Crippen MR) is 207 cm³/mol. The van der Waals surface area contributed by atoms with Gasteiger partial charge in [0.2, 0.25) is 0 Å². The highest BCUT2D eigenvalue weighted by atomic mass is 19.4. The van der Waals surface area contributed by atoms with Crippen LogP contribution in [0.1, 0.15) is 56.0 Å². The number of alkyl halides is 3. The lowest BCUT2D eigenvalue weighted by molar-refractivity contribution is -0.137. The first-order chi connectivity index (χ1) is 26.2. The average Bonchev–Trinajstić information content (AvgIpc) is 3.15. The number of aliphatic hydroxyl groups is 1. The van der Waals surface area contributed by atoms with E-state index in [4.69, 9.17) is 9.47 Å². The molecule has 11 nitrogen and oxygen atoms in total. The molecule has 4 N–H and O–H groups in total.